The van der Waals surface area contributed by atoms with Gasteiger partial charge in [0.05, 0.1) is 11.4 Å². The molecule has 0 atom stereocenters. The first-order chi connectivity index (χ1) is 14.8. The van der Waals surface area contributed by atoms with Crippen molar-refractivity contribution in [1.82, 2.24) is 9.78 Å². The van der Waals surface area contributed by atoms with Crippen LogP contribution in [0.15, 0.2) is 115 Å². The predicted molar refractivity (Wildman–Crippen MR) is 122 cm³/mol. The van der Waals surface area contributed by atoms with Crippen LogP contribution >= 0.6 is 0 Å². The molecule has 0 unspecified atom stereocenters. The van der Waals surface area contributed by atoms with E-state index in [-0.39, 0.29) is 5.75 Å². The molecule has 0 amide bonds. The van der Waals surface area contributed by atoms with E-state index in [1.54, 1.807) is 6.07 Å². The van der Waals surface area contributed by atoms with E-state index in [0.717, 1.165) is 39.3 Å². The second-order valence-electron chi connectivity index (χ2n) is 7.07. The Bertz CT molecular complexity index is 1280. The first-order valence-electron chi connectivity index (χ1n) is 9.90. The lowest BCUT2D eigenvalue weighted by molar-refractivity contribution is 0.477. The van der Waals surface area contributed by atoms with Gasteiger partial charge in [-0.2, -0.15) is 5.10 Å². The van der Waals surface area contributed by atoms with E-state index in [9.17, 15) is 5.11 Å². The Labute approximate surface area is 175 Å². The van der Waals surface area contributed by atoms with Gasteiger partial charge in [0.2, 0.25) is 0 Å². The minimum atomic E-state index is 0.228. The second-order valence-corrected chi connectivity index (χ2v) is 7.07. The fourth-order valence-corrected chi connectivity index (χ4v) is 3.77. The van der Waals surface area contributed by atoms with Crippen LogP contribution in [-0.2, 0) is 0 Å². The Morgan fingerprint density at radius 2 is 1.10 bits per heavy atom. The number of aromatic hydroxyl groups is 1. The summed E-state index contributed by atoms with van der Waals surface area (Å²) in [5.41, 5.74) is 6.50. The molecule has 1 aromatic heterocycles. The number of nitrogens with zero attached hydrogens (tertiary/aromatic N) is 2. The number of phenols is 1. The van der Waals surface area contributed by atoms with Crippen molar-refractivity contribution in [3.63, 3.8) is 0 Å². The SMILES string of the molecule is Oc1ccccc1-c1c(-c2ccccc2)c(-c2ccccc2)nn1-c1ccccc1. The van der Waals surface area contributed by atoms with Crippen molar-refractivity contribution < 1.29 is 5.11 Å². The first-order valence-corrected chi connectivity index (χ1v) is 9.90. The maximum Gasteiger partial charge on any atom is 0.124 e. The van der Waals surface area contributed by atoms with Crippen LogP contribution in [0.4, 0.5) is 0 Å². The standard InChI is InChI=1S/C27H20N2O/c30-24-19-11-10-18-23(24)27-25(20-12-4-1-5-13-20)26(21-14-6-2-7-15-21)28-29(27)22-16-8-3-9-17-22/h1-19,30H. The van der Waals surface area contributed by atoms with Crippen LogP contribution in [0, 0.1) is 0 Å². The van der Waals surface area contributed by atoms with Gasteiger partial charge in [-0.3, -0.25) is 0 Å². The summed E-state index contributed by atoms with van der Waals surface area (Å²) in [4.78, 5) is 0. The summed E-state index contributed by atoms with van der Waals surface area (Å²) in [7, 11) is 0. The zero-order valence-electron chi connectivity index (χ0n) is 16.3. The molecule has 0 fully saturated rings. The van der Waals surface area contributed by atoms with E-state index in [2.05, 4.69) is 24.3 Å². The number of para-hydroxylation sites is 2. The third kappa shape index (κ3) is 3.16. The number of phenolic OH excluding ortho intramolecular Hbond substituents is 1. The van der Waals surface area contributed by atoms with E-state index in [1.165, 1.54) is 0 Å². The molecule has 0 aliphatic heterocycles. The number of hydrogen-bond donors (Lipinski definition) is 1. The van der Waals surface area contributed by atoms with E-state index in [4.69, 9.17) is 5.10 Å². The van der Waals surface area contributed by atoms with E-state index in [1.807, 2.05) is 89.6 Å². The lowest BCUT2D eigenvalue weighted by Gasteiger charge is -2.12. The number of benzene rings is 4. The van der Waals surface area contributed by atoms with Gasteiger partial charge in [0.25, 0.3) is 0 Å². The van der Waals surface area contributed by atoms with E-state index < -0.39 is 0 Å². The molecule has 0 saturated heterocycles. The Balaban J connectivity index is 1.91. The molecule has 0 aliphatic carbocycles. The fourth-order valence-electron chi connectivity index (χ4n) is 3.77. The van der Waals surface area contributed by atoms with Crippen LogP contribution in [0.25, 0.3) is 39.3 Å². The van der Waals surface area contributed by atoms with Crippen molar-refractivity contribution >= 4 is 0 Å². The highest BCUT2D eigenvalue weighted by molar-refractivity contribution is 5.93. The molecule has 0 radical (unpaired) electrons. The van der Waals surface area contributed by atoms with Gasteiger partial charge in [-0.15, -0.1) is 0 Å². The molecule has 3 heteroatoms. The highest BCUT2D eigenvalue weighted by Gasteiger charge is 2.24. The van der Waals surface area contributed by atoms with Crippen LogP contribution in [0.2, 0.25) is 0 Å². The lowest BCUT2D eigenvalue weighted by Crippen LogP contribution is -1.99. The van der Waals surface area contributed by atoms with Crippen LogP contribution < -0.4 is 0 Å². The quantitative estimate of drug-likeness (QED) is 0.378. The molecule has 144 valence electrons. The van der Waals surface area contributed by atoms with Crippen molar-refractivity contribution in [1.29, 1.82) is 0 Å². The van der Waals surface area contributed by atoms with Gasteiger partial charge in [-0.25, -0.2) is 4.68 Å². The van der Waals surface area contributed by atoms with Crippen LogP contribution in [0.5, 0.6) is 5.75 Å². The second kappa shape index (κ2) is 7.72. The largest absolute Gasteiger partial charge is 0.507 e. The van der Waals surface area contributed by atoms with Crippen molar-refractivity contribution in [2.75, 3.05) is 0 Å². The first kappa shape index (κ1) is 18.0. The smallest absolute Gasteiger partial charge is 0.124 e. The minimum Gasteiger partial charge on any atom is -0.507 e. The molecular weight excluding hydrogens is 368 g/mol. The van der Waals surface area contributed by atoms with Gasteiger partial charge < -0.3 is 5.11 Å². The highest BCUT2D eigenvalue weighted by atomic mass is 16.3. The van der Waals surface area contributed by atoms with Crippen molar-refractivity contribution in [3.8, 4) is 45.1 Å². The van der Waals surface area contributed by atoms with Gasteiger partial charge >= 0.3 is 0 Å². The van der Waals surface area contributed by atoms with Crippen LogP contribution in [0.1, 0.15) is 0 Å². The maximum atomic E-state index is 10.7. The van der Waals surface area contributed by atoms with E-state index >= 15 is 0 Å². The Morgan fingerprint density at radius 1 is 0.567 bits per heavy atom. The molecule has 1 N–H and O–H groups in total. The molecule has 4 aromatic carbocycles. The highest BCUT2D eigenvalue weighted by Crippen LogP contribution is 2.43. The van der Waals surface area contributed by atoms with Gasteiger partial charge in [-0.1, -0.05) is 91.0 Å². The molecule has 0 aliphatic rings. The molecule has 30 heavy (non-hydrogen) atoms. The van der Waals surface area contributed by atoms with Crippen LogP contribution in [-0.4, -0.2) is 14.9 Å². The molecule has 5 rings (SSSR count). The topological polar surface area (TPSA) is 38.1 Å². The third-order valence-electron chi connectivity index (χ3n) is 5.16. The number of rotatable bonds is 4. The normalized spacial score (nSPS) is 10.8. The number of hydrogen-bond acceptors (Lipinski definition) is 2. The lowest BCUT2D eigenvalue weighted by atomic mass is 9.95. The Morgan fingerprint density at radius 3 is 1.73 bits per heavy atom. The Hall–Kier alpha value is -4.11. The minimum absolute atomic E-state index is 0.228. The summed E-state index contributed by atoms with van der Waals surface area (Å²) in [6.45, 7) is 0. The van der Waals surface area contributed by atoms with Crippen LogP contribution in [0.3, 0.4) is 0 Å². The number of aromatic nitrogens is 2. The zero-order valence-corrected chi connectivity index (χ0v) is 16.3. The van der Waals surface area contributed by atoms with Crippen molar-refractivity contribution in [2.24, 2.45) is 0 Å². The van der Waals surface area contributed by atoms with Gasteiger partial charge in [0.1, 0.15) is 11.4 Å². The van der Waals surface area contributed by atoms with Gasteiger partial charge in [-0.05, 0) is 29.8 Å². The molecule has 5 aromatic rings. The predicted octanol–water partition coefficient (Wildman–Crippen LogP) is 6.58. The average Bonchev–Trinajstić information content (AvgIpc) is 3.21. The summed E-state index contributed by atoms with van der Waals surface area (Å²) >= 11 is 0. The van der Waals surface area contributed by atoms with Gasteiger partial charge in [0, 0.05) is 16.7 Å². The monoisotopic (exact) mass is 388 g/mol. The zero-order chi connectivity index (χ0) is 20.3. The molecule has 0 saturated carbocycles. The van der Waals surface area contributed by atoms with Crippen molar-refractivity contribution in [3.05, 3.63) is 115 Å². The van der Waals surface area contributed by atoms with E-state index in [0.29, 0.717) is 0 Å². The molecule has 1 heterocycles. The summed E-state index contributed by atoms with van der Waals surface area (Å²) in [6.07, 6.45) is 0. The van der Waals surface area contributed by atoms with Crippen molar-refractivity contribution in [2.45, 2.75) is 0 Å². The summed E-state index contributed by atoms with van der Waals surface area (Å²) in [6, 6.07) is 37.9. The summed E-state index contributed by atoms with van der Waals surface area (Å²) in [5.74, 6) is 0.228. The Kier molecular flexibility index (Phi) is 4.62. The van der Waals surface area contributed by atoms with Gasteiger partial charge in [0.15, 0.2) is 0 Å². The summed E-state index contributed by atoms with van der Waals surface area (Å²) in [5, 5.41) is 15.8. The fraction of sp³-hybridized carbons (Fsp3) is 0. The summed E-state index contributed by atoms with van der Waals surface area (Å²) < 4.78 is 1.93. The molecule has 0 bridgehead atoms. The molecule has 0 spiro atoms. The molecular formula is C27H20N2O. The third-order valence-corrected chi connectivity index (χ3v) is 5.16. The average molecular weight is 388 g/mol. The molecule has 3 nitrogen and oxygen atoms in total. The maximum absolute atomic E-state index is 10.7.